The Hall–Kier alpha value is -4.09. The lowest BCUT2D eigenvalue weighted by Gasteiger charge is -2.32. The summed E-state index contributed by atoms with van der Waals surface area (Å²) in [6.45, 7) is 0.519. The zero-order valence-corrected chi connectivity index (χ0v) is 16.8. The Morgan fingerprint density at radius 3 is 2.71 bits per heavy atom. The number of methoxy groups -OCH3 is 1. The number of nitrogens with two attached hydrogens (primary N) is 1. The van der Waals surface area contributed by atoms with E-state index in [1.165, 1.54) is 0 Å². The lowest BCUT2D eigenvalue weighted by atomic mass is 9.69. The van der Waals surface area contributed by atoms with Crippen LogP contribution in [0.1, 0.15) is 22.4 Å². The Kier molecular flexibility index (Phi) is 4.27. The third-order valence-electron chi connectivity index (χ3n) is 5.76. The van der Waals surface area contributed by atoms with Gasteiger partial charge in [-0.25, -0.2) is 0 Å². The average molecular weight is 413 g/mol. The van der Waals surface area contributed by atoms with Gasteiger partial charge in [-0.2, -0.15) is 5.26 Å². The number of nitriles is 1. The quantitative estimate of drug-likeness (QED) is 0.679. The maximum absolute atomic E-state index is 14.2. The maximum atomic E-state index is 14.2. The van der Waals surface area contributed by atoms with Crippen LogP contribution in [0.25, 0.3) is 0 Å². The van der Waals surface area contributed by atoms with Crippen molar-refractivity contribution in [3.63, 3.8) is 0 Å². The molecule has 8 nitrogen and oxygen atoms in total. The molecule has 2 aliphatic rings. The van der Waals surface area contributed by atoms with Crippen molar-refractivity contribution >= 4 is 11.6 Å². The number of para-hydroxylation sites is 1. The van der Waals surface area contributed by atoms with Crippen LogP contribution in [0.4, 0.5) is 5.69 Å². The van der Waals surface area contributed by atoms with E-state index in [0.29, 0.717) is 29.1 Å². The molecule has 3 N–H and O–H groups in total. The van der Waals surface area contributed by atoms with Crippen LogP contribution in [-0.2, 0) is 28.1 Å². The summed E-state index contributed by atoms with van der Waals surface area (Å²) in [5.41, 5.74) is 8.10. The number of carbonyl (C=O) groups excluding carboxylic acids is 1. The van der Waals surface area contributed by atoms with Crippen LogP contribution in [0.3, 0.4) is 0 Å². The number of fused-ring (bicyclic) bond motifs is 4. The minimum absolute atomic E-state index is 0.0479. The van der Waals surface area contributed by atoms with E-state index in [0.717, 1.165) is 5.56 Å². The van der Waals surface area contributed by atoms with Crippen molar-refractivity contribution in [1.82, 2.24) is 10.2 Å². The number of ether oxygens (including phenoxy) is 2. The number of benzene rings is 2. The molecule has 0 fully saturated rings. The SMILES string of the molecule is COCc1[nH]nc2c1[C@@]1(C(=O)N(Cc3ccccc3)c3ccccc31)C(C#N)=C(N)O2. The van der Waals surface area contributed by atoms with E-state index < -0.39 is 5.41 Å². The van der Waals surface area contributed by atoms with Gasteiger partial charge in [0, 0.05) is 18.4 Å². The topological polar surface area (TPSA) is 117 Å². The normalized spacial score (nSPS) is 19.2. The average Bonchev–Trinajstić information content (AvgIpc) is 3.28. The Morgan fingerprint density at radius 2 is 1.97 bits per heavy atom. The molecule has 2 aliphatic heterocycles. The first-order chi connectivity index (χ1) is 15.1. The van der Waals surface area contributed by atoms with Gasteiger partial charge >= 0.3 is 0 Å². The number of rotatable bonds is 4. The highest BCUT2D eigenvalue weighted by molar-refractivity contribution is 6.14. The van der Waals surface area contributed by atoms with Crippen LogP contribution < -0.4 is 15.4 Å². The minimum atomic E-state index is -1.46. The second-order valence-electron chi connectivity index (χ2n) is 7.41. The molecular weight excluding hydrogens is 394 g/mol. The number of nitrogens with one attached hydrogen (secondary N) is 1. The van der Waals surface area contributed by atoms with Gasteiger partial charge in [-0.3, -0.25) is 9.89 Å². The van der Waals surface area contributed by atoms with Crippen LogP contribution in [0, 0.1) is 11.3 Å². The fourth-order valence-corrected chi connectivity index (χ4v) is 4.53. The van der Waals surface area contributed by atoms with Gasteiger partial charge in [0.1, 0.15) is 17.1 Å². The van der Waals surface area contributed by atoms with Crippen molar-refractivity contribution in [3.05, 3.63) is 88.4 Å². The summed E-state index contributed by atoms with van der Waals surface area (Å²) in [6, 6.07) is 19.3. The molecular formula is C23H19N5O3. The lowest BCUT2D eigenvalue weighted by molar-refractivity contribution is -0.121. The van der Waals surface area contributed by atoms with E-state index in [9.17, 15) is 10.1 Å². The van der Waals surface area contributed by atoms with Crippen molar-refractivity contribution in [1.29, 1.82) is 5.26 Å². The van der Waals surface area contributed by atoms with Gasteiger partial charge < -0.3 is 20.1 Å². The molecule has 0 radical (unpaired) electrons. The third-order valence-corrected chi connectivity index (χ3v) is 5.76. The summed E-state index contributed by atoms with van der Waals surface area (Å²) in [4.78, 5) is 15.9. The van der Waals surface area contributed by atoms with Crippen molar-refractivity contribution in [2.24, 2.45) is 5.73 Å². The molecule has 1 atom stereocenters. The summed E-state index contributed by atoms with van der Waals surface area (Å²) in [7, 11) is 1.55. The van der Waals surface area contributed by atoms with Crippen LogP contribution in [-0.4, -0.2) is 23.2 Å². The molecule has 1 amide bonds. The molecule has 3 aromatic rings. The summed E-state index contributed by atoms with van der Waals surface area (Å²) < 4.78 is 10.9. The smallest absolute Gasteiger partial charge is 0.248 e. The van der Waals surface area contributed by atoms with Crippen LogP contribution in [0.5, 0.6) is 5.88 Å². The van der Waals surface area contributed by atoms with Crippen molar-refractivity contribution in [2.75, 3.05) is 12.0 Å². The summed E-state index contributed by atoms with van der Waals surface area (Å²) >= 11 is 0. The Morgan fingerprint density at radius 1 is 1.23 bits per heavy atom. The molecule has 0 saturated heterocycles. The van der Waals surface area contributed by atoms with E-state index in [1.54, 1.807) is 12.0 Å². The summed E-state index contributed by atoms with van der Waals surface area (Å²) in [5.74, 6) is -0.233. The van der Waals surface area contributed by atoms with Crippen molar-refractivity contribution in [2.45, 2.75) is 18.6 Å². The highest BCUT2D eigenvalue weighted by atomic mass is 16.5. The predicted molar refractivity (Wildman–Crippen MR) is 112 cm³/mol. The molecule has 0 aliphatic carbocycles. The zero-order chi connectivity index (χ0) is 21.6. The molecule has 2 aromatic carbocycles. The molecule has 0 bridgehead atoms. The highest BCUT2D eigenvalue weighted by Crippen LogP contribution is 2.55. The number of amides is 1. The Balaban J connectivity index is 1.79. The van der Waals surface area contributed by atoms with E-state index in [-0.39, 0.29) is 29.9 Å². The minimum Gasteiger partial charge on any atom is -0.420 e. The molecule has 1 spiro atoms. The molecule has 1 aromatic heterocycles. The van der Waals surface area contributed by atoms with Crippen LogP contribution >= 0.6 is 0 Å². The fraction of sp³-hybridized carbons (Fsp3) is 0.174. The molecule has 154 valence electrons. The first kappa shape index (κ1) is 18.9. The number of hydrogen-bond acceptors (Lipinski definition) is 6. The lowest BCUT2D eigenvalue weighted by Crippen LogP contribution is -2.46. The first-order valence-electron chi connectivity index (χ1n) is 9.73. The van der Waals surface area contributed by atoms with Gasteiger partial charge in [0.25, 0.3) is 0 Å². The van der Waals surface area contributed by atoms with E-state index in [4.69, 9.17) is 15.2 Å². The number of H-pyrrole nitrogens is 1. The maximum Gasteiger partial charge on any atom is 0.248 e. The number of anilines is 1. The Labute approximate surface area is 178 Å². The van der Waals surface area contributed by atoms with E-state index in [1.807, 2.05) is 54.6 Å². The number of hydrogen-bond donors (Lipinski definition) is 2. The van der Waals surface area contributed by atoms with Gasteiger partial charge in [0.05, 0.1) is 24.4 Å². The number of aromatic amines is 1. The van der Waals surface area contributed by atoms with Gasteiger partial charge in [0.15, 0.2) is 0 Å². The van der Waals surface area contributed by atoms with Gasteiger partial charge in [-0.15, -0.1) is 5.10 Å². The van der Waals surface area contributed by atoms with Gasteiger partial charge in [-0.05, 0) is 11.6 Å². The molecule has 3 heterocycles. The first-order valence-corrected chi connectivity index (χ1v) is 9.73. The van der Waals surface area contributed by atoms with Crippen molar-refractivity contribution in [3.8, 4) is 11.9 Å². The second kappa shape index (κ2) is 7.00. The largest absolute Gasteiger partial charge is 0.420 e. The molecule has 8 heteroatoms. The van der Waals surface area contributed by atoms with E-state index >= 15 is 0 Å². The molecule has 0 saturated carbocycles. The molecule has 0 unspecified atom stereocenters. The van der Waals surface area contributed by atoms with Gasteiger partial charge in [-0.1, -0.05) is 48.5 Å². The summed E-state index contributed by atoms with van der Waals surface area (Å²) in [5, 5.41) is 17.2. The van der Waals surface area contributed by atoms with Gasteiger partial charge in [0.2, 0.25) is 17.7 Å². The Bertz CT molecular complexity index is 1260. The predicted octanol–water partition coefficient (Wildman–Crippen LogP) is 2.48. The molecule has 5 rings (SSSR count). The molecule has 31 heavy (non-hydrogen) atoms. The second-order valence-corrected chi connectivity index (χ2v) is 7.41. The summed E-state index contributed by atoms with van der Waals surface area (Å²) in [6.07, 6.45) is 0. The number of nitrogens with zero attached hydrogens (tertiary/aromatic N) is 3. The number of aromatic nitrogens is 2. The van der Waals surface area contributed by atoms with Crippen LogP contribution in [0.2, 0.25) is 0 Å². The highest BCUT2D eigenvalue weighted by Gasteiger charge is 2.60. The zero-order valence-electron chi connectivity index (χ0n) is 16.8. The van der Waals surface area contributed by atoms with Crippen LogP contribution in [0.15, 0.2) is 66.1 Å². The standard InChI is InChI=1S/C23H19N5O3/c1-30-13-17-19-21(27-26-17)31-20(25)16(11-24)23(19)15-9-5-6-10-18(15)28(22(23)29)12-14-7-3-2-4-8-14/h2-10H,12-13,25H2,1H3,(H,26,27)/t23-/m0/s1. The third kappa shape index (κ3) is 2.50. The number of carbonyl (C=O) groups is 1. The van der Waals surface area contributed by atoms with Crippen molar-refractivity contribution < 1.29 is 14.3 Å². The van der Waals surface area contributed by atoms with E-state index in [2.05, 4.69) is 16.3 Å². The monoisotopic (exact) mass is 413 g/mol. The fourth-order valence-electron chi connectivity index (χ4n) is 4.53.